The predicted molar refractivity (Wildman–Crippen MR) is 106 cm³/mol. The normalized spacial score (nSPS) is 12.6. The highest BCUT2D eigenvalue weighted by atomic mass is 16.3. The third-order valence-electron chi connectivity index (χ3n) is 5.10. The van der Waals surface area contributed by atoms with Gasteiger partial charge < -0.3 is 10.2 Å². The van der Waals surface area contributed by atoms with Gasteiger partial charge >= 0.3 is 0 Å². The Balaban J connectivity index is 2.98. The molecule has 0 aliphatic carbocycles. The molecule has 0 heterocycles. The van der Waals surface area contributed by atoms with Crippen molar-refractivity contribution in [2.24, 2.45) is 0 Å². The first-order valence-electron chi connectivity index (χ1n) is 11.1. The lowest BCUT2D eigenvalue weighted by Crippen LogP contribution is -2.10. The minimum atomic E-state index is -0.494. The summed E-state index contributed by atoms with van der Waals surface area (Å²) < 4.78 is 0. The van der Waals surface area contributed by atoms with Gasteiger partial charge in [-0.05, 0) is 6.42 Å². The van der Waals surface area contributed by atoms with Crippen LogP contribution in [0.1, 0.15) is 129 Å². The molecule has 0 spiro atoms. The van der Waals surface area contributed by atoms with E-state index in [2.05, 4.69) is 6.92 Å². The van der Waals surface area contributed by atoms with Gasteiger partial charge in [0.25, 0.3) is 0 Å². The van der Waals surface area contributed by atoms with Gasteiger partial charge in [-0.2, -0.15) is 0 Å². The molecule has 0 aromatic carbocycles. The lowest BCUT2D eigenvalue weighted by Gasteiger charge is -2.06. The quantitative estimate of drug-likeness (QED) is 0.240. The molecule has 0 amide bonds. The maximum Gasteiger partial charge on any atom is 0.0770 e. The summed E-state index contributed by atoms with van der Waals surface area (Å²) in [6, 6.07) is 0. The molecule has 2 N–H and O–H groups in total. The smallest absolute Gasteiger partial charge is 0.0770 e. The highest BCUT2D eigenvalue weighted by molar-refractivity contribution is 4.54. The summed E-state index contributed by atoms with van der Waals surface area (Å²) in [6.45, 7) is 2.20. The third-order valence-corrected chi connectivity index (χ3v) is 5.10. The molecule has 0 aromatic rings. The second-order valence-electron chi connectivity index (χ2n) is 7.64. The molecular formula is C22H46O2. The number of unbranched alkanes of at least 4 members (excludes halogenated alkanes) is 17. The van der Waals surface area contributed by atoms with Gasteiger partial charge in [0, 0.05) is 0 Å². The van der Waals surface area contributed by atoms with E-state index < -0.39 is 6.10 Å². The summed E-state index contributed by atoms with van der Waals surface area (Å²) >= 11 is 0. The van der Waals surface area contributed by atoms with Gasteiger partial charge in [-0.25, -0.2) is 0 Å². The zero-order chi connectivity index (χ0) is 17.7. The fraction of sp³-hybridized carbons (Fsp3) is 1.00. The van der Waals surface area contributed by atoms with Crippen LogP contribution >= 0.6 is 0 Å². The Morgan fingerprint density at radius 3 is 1.08 bits per heavy atom. The van der Waals surface area contributed by atoms with Crippen LogP contribution in [0.4, 0.5) is 0 Å². The molecule has 0 aliphatic rings. The van der Waals surface area contributed by atoms with Gasteiger partial charge in [-0.15, -0.1) is 0 Å². The van der Waals surface area contributed by atoms with Crippen molar-refractivity contribution in [1.29, 1.82) is 0 Å². The van der Waals surface area contributed by atoms with Crippen molar-refractivity contribution in [3.8, 4) is 0 Å². The van der Waals surface area contributed by atoms with E-state index in [0.717, 1.165) is 12.8 Å². The van der Waals surface area contributed by atoms with Crippen molar-refractivity contribution in [2.75, 3.05) is 6.61 Å². The molecule has 24 heavy (non-hydrogen) atoms. The van der Waals surface area contributed by atoms with Crippen LogP contribution in [-0.4, -0.2) is 22.9 Å². The molecular weight excluding hydrogens is 296 g/mol. The van der Waals surface area contributed by atoms with Gasteiger partial charge in [0.15, 0.2) is 0 Å². The summed E-state index contributed by atoms with van der Waals surface area (Å²) in [5.41, 5.74) is 0. The van der Waals surface area contributed by atoms with Crippen molar-refractivity contribution in [2.45, 2.75) is 135 Å². The second kappa shape index (κ2) is 21.0. The number of aliphatic hydroxyl groups is 2. The van der Waals surface area contributed by atoms with Crippen molar-refractivity contribution < 1.29 is 10.2 Å². The molecule has 1 atom stereocenters. The van der Waals surface area contributed by atoms with E-state index in [9.17, 15) is 5.11 Å². The third kappa shape index (κ3) is 20.0. The fourth-order valence-electron chi connectivity index (χ4n) is 3.37. The molecule has 0 saturated heterocycles. The number of hydrogen-bond acceptors (Lipinski definition) is 2. The largest absolute Gasteiger partial charge is 0.394 e. The Bertz CT molecular complexity index is 218. The highest BCUT2D eigenvalue weighted by Crippen LogP contribution is 2.14. The molecule has 0 aliphatic heterocycles. The minimum absolute atomic E-state index is 0.0844. The van der Waals surface area contributed by atoms with Crippen LogP contribution in [0.3, 0.4) is 0 Å². The van der Waals surface area contributed by atoms with E-state index in [1.165, 1.54) is 109 Å². The molecule has 146 valence electrons. The van der Waals surface area contributed by atoms with Crippen LogP contribution in [0.25, 0.3) is 0 Å². The Labute approximate surface area is 152 Å². The van der Waals surface area contributed by atoms with Crippen molar-refractivity contribution in [3.05, 3.63) is 0 Å². The number of aliphatic hydroxyl groups excluding tert-OH is 2. The molecule has 0 radical (unpaired) electrons. The van der Waals surface area contributed by atoms with Crippen LogP contribution in [0.15, 0.2) is 0 Å². The monoisotopic (exact) mass is 342 g/mol. The zero-order valence-electron chi connectivity index (χ0n) is 16.6. The van der Waals surface area contributed by atoms with Crippen molar-refractivity contribution >= 4 is 0 Å². The summed E-state index contributed by atoms with van der Waals surface area (Å²) in [5, 5.41) is 18.0. The molecule has 0 rings (SSSR count). The van der Waals surface area contributed by atoms with Crippen molar-refractivity contribution in [1.82, 2.24) is 0 Å². The van der Waals surface area contributed by atoms with E-state index in [1.807, 2.05) is 0 Å². The van der Waals surface area contributed by atoms with Gasteiger partial charge in [0.05, 0.1) is 12.7 Å². The van der Waals surface area contributed by atoms with Crippen LogP contribution in [-0.2, 0) is 0 Å². The first kappa shape index (κ1) is 23.9. The van der Waals surface area contributed by atoms with Crippen LogP contribution in [0.5, 0.6) is 0 Å². The van der Waals surface area contributed by atoms with E-state index in [4.69, 9.17) is 5.11 Å². The average Bonchev–Trinajstić information content (AvgIpc) is 2.60. The Morgan fingerprint density at radius 1 is 0.500 bits per heavy atom. The first-order valence-corrected chi connectivity index (χ1v) is 11.1. The average molecular weight is 343 g/mol. The molecule has 0 fully saturated rings. The first-order chi connectivity index (χ1) is 11.8. The Hall–Kier alpha value is -0.0800. The van der Waals surface area contributed by atoms with Crippen LogP contribution < -0.4 is 0 Å². The lowest BCUT2D eigenvalue weighted by molar-refractivity contribution is 0.0860. The second-order valence-corrected chi connectivity index (χ2v) is 7.64. The standard InChI is InChI=1S/C22H46O2/c1-2-3-4-5-6-7-8-9-10-11-12-13-14-15-16-17-18-19-20-22(24)21-23/h22-24H,2-21H2,1H3/t22-/m0/s1. The van der Waals surface area contributed by atoms with Gasteiger partial charge in [0.2, 0.25) is 0 Å². The van der Waals surface area contributed by atoms with Crippen LogP contribution in [0.2, 0.25) is 0 Å². The summed E-state index contributed by atoms with van der Waals surface area (Å²) in [6.07, 6.45) is 25.2. The highest BCUT2D eigenvalue weighted by Gasteiger charge is 2.00. The fourth-order valence-corrected chi connectivity index (χ4v) is 3.37. The Morgan fingerprint density at radius 2 is 0.792 bits per heavy atom. The lowest BCUT2D eigenvalue weighted by atomic mass is 10.0. The number of rotatable bonds is 20. The van der Waals surface area contributed by atoms with Crippen molar-refractivity contribution in [3.63, 3.8) is 0 Å². The van der Waals surface area contributed by atoms with Gasteiger partial charge in [0.1, 0.15) is 0 Å². The van der Waals surface area contributed by atoms with E-state index >= 15 is 0 Å². The van der Waals surface area contributed by atoms with Gasteiger partial charge in [-0.3, -0.25) is 0 Å². The van der Waals surface area contributed by atoms with E-state index in [1.54, 1.807) is 0 Å². The molecule has 0 unspecified atom stereocenters. The molecule has 0 bridgehead atoms. The van der Waals surface area contributed by atoms with Gasteiger partial charge in [-0.1, -0.05) is 122 Å². The molecule has 2 nitrogen and oxygen atoms in total. The minimum Gasteiger partial charge on any atom is -0.394 e. The van der Waals surface area contributed by atoms with E-state index in [0.29, 0.717) is 0 Å². The maximum atomic E-state index is 9.24. The molecule has 0 saturated carbocycles. The zero-order valence-corrected chi connectivity index (χ0v) is 16.6. The molecule has 0 aromatic heterocycles. The van der Waals surface area contributed by atoms with Crippen LogP contribution in [0, 0.1) is 0 Å². The van der Waals surface area contributed by atoms with E-state index in [-0.39, 0.29) is 6.61 Å². The number of hydrogen-bond donors (Lipinski definition) is 2. The predicted octanol–water partition coefficient (Wildman–Crippen LogP) is 6.77. The SMILES string of the molecule is CCCCCCCCCCCCCCCCCCCC[C@H](O)CO. The summed E-state index contributed by atoms with van der Waals surface area (Å²) in [4.78, 5) is 0. The molecule has 2 heteroatoms. The topological polar surface area (TPSA) is 40.5 Å². The Kier molecular flexibility index (Phi) is 20.9. The summed E-state index contributed by atoms with van der Waals surface area (Å²) in [5.74, 6) is 0. The maximum absolute atomic E-state index is 9.24. The summed E-state index contributed by atoms with van der Waals surface area (Å²) in [7, 11) is 0.